The van der Waals surface area contributed by atoms with Crippen molar-refractivity contribution in [3.8, 4) is 11.1 Å². The lowest BCUT2D eigenvalue weighted by molar-refractivity contribution is 0.249. The molecule has 0 saturated heterocycles. The molecule has 11 aliphatic carbocycles. The highest BCUT2D eigenvalue weighted by atomic mass is 15.2. The molecule has 0 bridgehead atoms. The molecule has 1 N–H and O–H groups in total. The Morgan fingerprint density at radius 3 is 1.62 bits per heavy atom. The molecule has 0 aliphatic heterocycles. The molecule has 5 atom stereocenters. The van der Waals surface area contributed by atoms with Gasteiger partial charge in [0.15, 0.2) is 0 Å². The Kier molecular flexibility index (Phi) is 13.6. The van der Waals surface area contributed by atoms with Gasteiger partial charge in [0, 0.05) is 28.5 Å². The minimum absolute atomic E-state index is 0.328. The molecular formula is C77H80N2. The molecule has 0 amide bonds. The summed E-state index contributed by atoms with van der Waals surface area (Å²) in [6.07, 6.45) is 66.2. The number of nitrogens with one attached hydrogen (secondary N) is 1. The first kappa shape index (κ1) is 50.3. The van der Waals surface area contributed by atoms with Gasteiger partial charge < -0.3 is 10.2 Å². The zero-order valence-electron chi connectivity index (χ0n) is 47.4. The third kappa shape index (κ3) is 9.70. The highest BCUT2D eigenvalue weighted by molar-refractivity contribution is 5.74. The molecule has 2 heteroatoms. The summed E-state index contributed by atoms with van der Waals surface area (Å²) in [6, 6.07) is 23.7. The van der Waals surface area contributed by atoms with Gasteiger partial charge in [-0.25, -0.2) is 0 Å². The highest BCUT2D eigenvalue weighted by Gasteiger charge is 2.45. The summed E-state index contributed by atoms with van der Waals surface area (Å²) in [5, 5.41) is 3.84. The number of aryl methyl sites for hydroxylation is 4. The zero-order valence-corrected chi connectivity index (χ0v) is 47.4. The minimum Gasteiger partial charge on any atom is -0.359 e. The maximum absolute atomic E-state index is 3.84. The number of fused-ring (bicyclic) bond motifs is 8. The van der Waals surface area contributed by atoms with Crippen LogP contribution in [-0.2, 0) is 25.7 Å². The number of allylic oxidation sites excluding steroid dienone is 31. The standard InChI is InChI=1S/C77H80N2/c1-4-44-77(3,5-2)65-34-24-51(25-35-65)52-28-38-68(39-29-52)79(70-13-9-11-58(48-70)62-23-19-54-17-21-60(54)46-62)69-40-30-56(31-41-69)64-33-43-74-73-42-32-63(49-75(73)71-14-6-7-15-72(71)76(74)50-64)55-26-36-66(37-27-55)78-67-12-8-10-57(47-67)61-22-18-53-16-20-59(53)45-61/h6-7,9,11-15,18-19,22-24,26,28,30,32-34,36,38,40,42-43,45-48,71-72,75-76,78H,4-5,8,10,16-17,20-21,25,27,29,31,35,37,39,41,44,49-50H2,1-3H3. The van der Waals surface area contributed by atoms with Crippen molar-refractivity contribution in [2.45, 2.75) is 143 Å². The number of hydrogen-bond donors (Lipinski definition) is 1. The van der Waals surface area contributed by atoms with Crippen molar-refractivity contribution in [1.29, 1.82) is 0 Å². The molecule has 2 nitrogen and oxygen atoms in total. The summed E-state index contributed by atoms with van der Waals surface area (Å²) >= 11 is 0. The van der Waals surface area contributed by atoms with Crippen molar-refractivity contribution in [3.05, 3.63) is 271 Å². The van der Waals surface area contributed by atoms with Gasteiger partial charge in [0.25, 0.3) is 0 Å². The summed E-state index contributed by atoms with van der Waals surface area (Å²) in [4.78, 5) is 2.64. The molecule has 0 spiro atoms. The lowest BCUT2D eigenvalue weighted by Crippen LogP contribution is -2.39. The van der Waals surface area contributed by atoms with Crippen LogP contribution in [0.2, 0.25) is 0 Å². The molecule has 5 unspecified atom stereocenters. The first-order chi connectivity index (χ1) is 38.8. The second-order valence-electron chi connectivity index (χ2n) is 25.2. The Bertz CT molecular complexity index is 3560. The number of nitrogens with zero attached hydrogens (tertiary/aromatic N) is 1. The largest absolute Gasteiger partial charge is 0.359 e. The average Bonchev–Trinajstić information content (AvgIpc) is 3.68. The summed E-state index contributed by atoms with van der Waals surface area (Å²) in [6.45, 7) is 7.20. The quantitative estimate of drug-likeness (QED) is 0.173. The van der Waals surface area contributed by atoms with Gasteiger partial charge in [-0.05, 0) is 270 Å². The Hall–Kier alpha value is -6.90. The molecule has 3 aromatic carbocycles. The van der Waals surface area contributed by atoms with Crippen LogP contribution in [0.15, 0.2) is 243 Å². The van der Waals surface area contributed by atoms with Gasteiger partial charge in [-0.3, -0.25) is 0 Å². The first-order valence-electron chi connectivity index (χ1n) is 30.9. The smallest absolute Gasteiger partial charge is 0.0461 e. The fourth-order valence-corrected chi connectivity index (χ4v) is 15.7. The molecular weight excluding hydrogens is 953 g/mol. The van der Waals surface area contributed by atoms with Gasteiger partial charge in [-0.15, -0.1) is 0 Å². The van der Waals surface area contributed by atoms with Crippen LogP contribution in [0.25, 0.3) is 16.7 Å². The fraction of sp³-hybridized carbons (Fsp3) is 0.351. The summed E-state index contributed by atoms with van der Waals surface area (Å²) in [7, 11) is 0. The predicted molar refractivity (Wildman–Crippen MR) is 333 cm³/mol. The topological polar surface area (TPSA) is 15.3 Å². The highest BCUT2D eigenvalue weighted by Crippen LogP contribution is 2.56. The van der Waals surface area contributed by atoms with Gasteiger partial charge in [0.2, 0.25) is 0 Å². The Balaban J connectivity index is 0.720. The number of anilines is 1. The molecule has 1 saturated carbocycles. The molecule has 0 heterocycles. The van der Waals surface area contributed by atoms with Crippen molar-refractivity contribution < 1.29 is 0 Å². The van der Waals surface area contributed by atoms with Crippen LogP contribution in [0.1, 0.15) is 145 Å². The molecule has 14 rings (SSSR count). The second-order valence-corrected chi connectivity index (χ2v) is 25.2. The fourth-order valence-electron chi connectivity index (χ4n) is 15.7. The summed E-state index contributed by atoms with van der Waals surface area (Å²) < 4.78 is 0. The predicted octanol–water partition coefficient (Wildman–Crippen LogP) is 19.5. The van der Waals surface area contributed by atoms with Crippen LogP contribution in [0.4, 0.5) is 5.69 Å². The Labute approximate surface area is 472 Å². The average molecular weight is 1030 g/mol. The van der Waals surface area contributed by atoms with Gasteiger partial charge >= 0.3 is 0 Å². The van der Waals surface area contributed by atoms with Crippen LogP contribution in [0.3, 0.4) is 0 Å². The van der Waals surface area contributed by atoms with E-state index in [1.165, 1.54) is 147 Å². The van der Waals surface area contributed by atoms with E-state index in [0.29, 0.717) is 29.1 Å². The number of benzene rings is 3. The number of hydrogen-bond acceptors (Lipinski definition) is 2. The van der Waals surface area contributed by atoms with E-state index in [-0.39, 0.29) is 0 Å². The molecule has 0 radical (unpaired) electrons. The van der Waals surface area contributed by atoms with Gasteiger partial charge in [0.1, 0.15) is 0 Å². The monoisotopic (exact) mass is 1030 g/mol. The van der Waals surface area contributed by atoms with Crippen molar-refractivity contribution in [2.24, 2.45) is 29.1 Å². The van der Waals surface area contributed by atoms with Crippen LogP contribution in [0, 0.1) is 29.1 Å². The van der Waals surface area contributed by atoms with Crippen molar-refractivity contribution in [1.82, 2.24) is 5.32 Å². The molecule has 11 aliphatic rings. The molecule has 0 aromatic heterocycles. The lowest BCUT2D eigenvalue weighted by Gasteiger charge is -2.48. The van der Waals surface area contributed by atoms with Crippen molar-refractivity contribution in [3.63, 3.8) is 0 Å². The second kappa shape index (κ2) is 21.3. The van der Waals surface area contributed by atoms with Crippen LogP contribution >= 0.6 is 0 Å². The van der Waals surface area contributed by atoms with Crippen LogP contribution < -0.4 is 10.2 Å². The van der Waals surface area contributed by atoms with Crippen LogP contribution in [-0.4, -0.2) is 0 Å². The van der Waals surface area contributed by atoms with E-state index in [0.717, 1.165) is 70.6 Å². The van der Waals surface area contributed by atoms with Gasteiger partial charge in [-0.2, -0.15) is 0 Å². The van der Waals surface area contributed by atoms with Gasteiger partial charge in [-0.1, -0.05) is 166 Å². The maximum atomic E-state index is 3.84. The van der Waals surface area contributed by atoms with Crippen molar-refractivity contribution in [2.75, 3.05) is 4.90 Å². The Morgan fingerprint density at radius 1 is 0.494 bits per heavy atom. The van der Waals surface area contributed by atoms with E-state index in [9.17, 15) is 0 Å². The molecule has 79 heavy (non-hydrogen) atoms. The third-order valence-electron chi connectivity index (χ3n) is 20.8. The van der Waals surface area contributed by atoms with E-state index in [2.05, 4.69) is 201 Å². The van der Waals surface area contributed by atoms with E-state index < -0.39 is 0 Å². The van der Waals surface area contributed by atoms with Gasteiger partial charge in [0.05, 0.1) is 0 Å². The SMILES string of the molecule is CCCC(C)(CC)C1=CC=C(C2=CC=C(N(C3=CC=C(C4=CC=C5C6=CC=C(C7=CC=C(NC8=CCCC(c9ccc%10c(c9)CC%10)=C8)CC7)CC6C6C=CC=CC6C5C4)CC3)c3cccc(-c4ccc5c(c4)CC5)c3)CC2)CC1. The summed E-state index contributed by atoms with van der Waals surface area (Å²) in [5.74, 6) is 2.05. The van der Waals surface area contributed by atoms with E-state index in [4.69, 9.17) is 0 Å². The Morgan fingerprint density at radius 2 is 1.06 bits per heavy atom. The first-order valence-corrected chi connectivity index (χ1v) is 30.9. The normalized spacial score (nSPS) is 25.3. The third-order valence-corrected chi connectivity index (χ3v) is 20.8. The van der Waals surface area contributed by atoms with E-state index in [1.54, 1.807) is 27.9 Å². The number of rotatable bonds is 14. The molecule has 3 aromatic rings. The zero-order chi connectivity index (χ0) is 53.0. The summed E-state index contributed by atoms with van der Waals surface area (Å²) in [5.41, 5.74) is 32.7. The lowest BCUT2D eigenvalue weighted by atomic mass is 9.56. The molecule has 398 valence electrons. The van der Waals surface area contributed by atoms with E-state index >= 15 is 0 Å². The van der Waals surface area contributed by atoms with Crippen LogP contribution in [0.5, 0.6) is 0 Å². The minimum atomic E-state index is 0.328. The van der Waals surface area contributed by atoms with E-state index in [1.807, 2.05) is 0 Å². The maximum Gasteiger partial charge on any atom is 0.0461 e. The molecule has 1 fully saturated rings. The van der Waals surface area contributed by atoms with Crippen molar-refractivity contribution >= 4 is 11.3 Å².